The average Bonchev–Trinajstić information content (AvgIpc) is 2.95. The van der Waals surface area contributed by atoms with E-state index in [-0.39, 0.29) is 11.3 Å². The van der Waals surface area contributed by atoms with Gasteiger partial charge < -0.3 is 5.32 Å². The smallest absolute Gasteiger partial charge is 0.256 e. The molecule has 0 radical (unpaired) electrons. The first-order valence-electron chi connectivity index (χ1n) is 8.95. The zero-order chi connectivity index (χ0) is 19.6. The van der Waals surface area contributed by atoms with Crippen molar-refractivity contribution in [3.8, 4) is 5.69 Å². The molecule has 0 saturated heterocycles. The summed E-state index contributed by atoms with van der Waals surface area (Å²) in [5.74, 6) is -0.208. The number of rotatable bonds is 5. The minimum absolute atomic E-state index is 0.197. The summed E-state index contributed by atoms with van der Waals surface area (Å²) in [7, 11) is 0. The third-order valence-corrected chi connectivity index (χ3v) is 5.07. The lowest BCUT2D eigenvalue weighted by Gasteiger charge is -2.26. The van der Waals surface area contributed by atoms with Gasteiger partial charge in [0.15, 0.2) is 0 Å². The summed E-state index contributed by atoms with van der Waals surface area (Å²) in [6.45, 7) is 8.60. The normalized spacial score (nSPS) is 11.4. The second-order valence-corrected chi connectivity index (χ2v) is 7.79. The van der Waals surface area contributed by atoms with E-state index < -0.39 is 0 Å². The number of nitrogens with zero attached hydrogens (tertiary/aromatic N) is 2. The quantitative estimate of drug-likeness (QED) is 0.686. The van der Waals surface area contributed by atoms with Gasteiger partial charge in [0.05, 0.1) is 16.9 Å². The van der Waals surface area contributed by atoms with Crippen molar-refractivity contribution in [3.05, 3.63) is 82.1 Å². The number of carbonyl (C=O) groups excluding carboxylic acids is 1. The molecule has 1 heterocycles. The predicted octanol–water partition coefficient (Wildman–Crippen LogP) is 4.85. The summed E-state index contributed by atoms with van der Waals surface area (Å²) >= 11 is 6.49. The highest BCUT2D eigenvalue weighted by atomic mass is 35.5. The minimum atomic E-state index is -0.208. The fourth-order valence-electron chi connectivity index (χ4n) is 3.06. The Morgan fingerprint density at radius 1 is 1.11 bits per heavy atom. The van der Waals surface area contributed by atoms with E-state index in [1.54, 1.807) is 11.6 Å². The largest absolute Gasteiger partial charge is 0.351 e. The minimum Gasteiger partial charge on any atom is -0.351 e. The summed E-state index contributed by atoms with van der Waals surface area (Å²) < 4.78 is 1.59. The van der Waals surface area contributed by atoms with Crippen LogP contribution in [0.2, 0.25) is 5.15 Å². The van der Waals surface area contributed by atoms with E-state index in [0.717, 1.165) is 5.69 Å². The molecule has 4 nitrogen and oxygen atoms in total. The molecule has 0 atom stereocenters. The van der Waals surface area contributed by atoms with Gasteiger partial charge in [0.1, 0.15) is 5.15 Å². The molecule has 0 spiro atoms. The average molecular weight is 382 g/mol. The molecule has 3 rings (SSSR count). The predicted molar refractivity (Wildman–Crippen MR) is 110 cm³/mol. The van der Waals surface area contributed by atoms with Gasteiger partial charge in [-0.05, 0) is 31.5 Å². The number of para-hydroxylation sites is 1. The van der Waals surface area contributed by atoms with Crippen LogP contribution in [-0.4, -0.2) is 22.2 Å². The molecule has 2 aromatic carbocycles. The molecule has 0 unspecified atom stereocenters. The summed E-state index contributed by atoms with van der Waals surface area (Å²) in [4.78, 5) is 12.8. The van der Waals surface area contributed by atoms with Crippen LogP contribution in [0, 0.1) is 13.8 Å². The number of hydrogen-bond donors (Lipinski definition) is 1. The number of aromatic nitrogens is 2. The SMILES string of the molecule is Cc1cccc(C(C)(C)CNC(=O)c2c(C)nn(-c3ccccc3)c2Cl)c1. The Balaban J connectivity index is 1.80. The van der Waals surface area contributed by atoms with Crippen LogP contribution in [0.4, 0.5) is 0 Å². The molecule has 0 bridgehead atoms. The van der Waals surface area contributed by atoms with Crippen molar-refractivity contribution in [2.24, 2.45) is 0 Å². The number of nitrogens with one attached hydrogen (secondary N) is 1. The Morgan fingerprint density at radius 2 is 1.81 bits per heavy atom. The van der Waals surface area contributed by atoms with Crippen molar-refractivity contribution in [1.29, 1.82) is 0 Å². The number of benzene rings is 2. The molecule has 0 aliphatic rings. The van der Waals surface area contributed by atoms with Crippen LogP contribution in [0.1, 0.15) is 41.0 Å². The fraction of sp³-hybridized carbons (Fsp3) is 0.273. The molecule has 140 valence electrons. The van der Waals surface area contributed by atoms with Gasteiger partial charge in [-0.15, -0.1) is 0 Å². The van der Waals surface area contributed by atoms with Gasteiger partial charge in [-0.25, -0.2) is 4.68 Å². The number of hydrogen-bond acceptors (Lipinski definition) is 2. The second kappa shape index (κ2) is 7.57. The molecule has 1 N–H and O–H groups in total. The topological polar surface area (TPSA) is 46.9 Å². The van der Waals surface area contributed by atoms with E-state index in [2.05, 4.69) is 49.4 Å². The van der Waals surface area contributed by atoms with Gasteiger partial charge in [-0.3, -0.25) is 4.79 Å². The van der Waals surface area contributed by atoms with Gasteiger partial charge in [-0.1, -0.05) is 73.5 Å². The summed E-state index contributed by atoms with van der Waals surface area (Å²) in [5, 5.41) is 7.79. The molecule has 0 aliphatic heterocycles. The van der Waals surface area contributed by atoms with Gasteiger partial charge >= 0.3 is 0 Å². The van der Waals surface area contributed by atoms with Crippen molar-refractivity contribution in [2.45, 2.75) is 33.1 Å². The monoisotopic (exact) mass is 381 g/mol. The second-order valence-electron chi connectivity index (χ2n) is 7.43. The van der Waals surface area contributed by atoms with E-state index in [1.165, 1.54) is 11.1 Å². The molecule has 0 aliphatic carbocycles. The van der Waals surface area contributed by atoms with Crippen molar-refractivity contribution in [3.63, 3.8) is 0 Å². The lowest BCUT2D eigenvalue weighted by Crippen LogP contribution is -2.37. The van der Waals surface area contributed by atoms with E-state index in [1.807, 2.05) is 36.4 Å². The van der Waals surface area contributed by atoms with Crippen molar-refractivity contribution in [2.75, 3.05) is 6.54 Å². The summed E-state index contributed by atoms with van der Waals surface area (Å²) in [6, 6.07) is 17.9. The zero-order valence-electron chi connectivity index (χ0n) is 16.1. The number of amides is 1. The molecular weight excluding hydrogens is 358 g/mol. The van der Waals surface area contributed by atoms with Crippen LogP contribution in [0.5, 0.6) is 0 Å². The first kappa shape index (κ1) is 19.2. The Kier molecular flexibility index (Phi) is 5.38. The van der Waals surface area contributed by atoms with Crippen LogP contribution in [-0.2, 0) is 5.41 Å². The molecule has 3 aromatic rings. The van der Waals surface area contributed by atoms with Crippen LogP contribution in [0.3, 0.4) is 0 Å². The van der Waals surface area contributed by atoms with Crippen LogP contribution in [0.25, 0.3) is 5.69 Å². The first-order valence-corrected chi connectivity index (χ1v) is 9.33. The van der Waals surface area contributed by atoms with Crippen molar-refractivity contribution in [1.82, 2.24) is 15.1 Å². The van der Waals surface area contributed by atoms with Crippen molar-refractivity contribution < 1.29 is 4.79 Å². The van der Waals surface area contributed by atoms with Gasteiger partial charge in [-0.2, -0.15) is 5.10 Å². The van der Waals surface area contributed by atoms with Crippen LogP contribution >= 0.6 is 11.6 Å². The molecule has 0 fully saturated rings. The number of halogens is 1. The maximum absolute atomic E-state index is 12.8. The zero-order valence-corrected chi connectivity index (χ0v) is 16.8. The molecule has 0 saturated carbocycles. The lowest BCUT2D eigenvalue weighted by molar-refractivity contribution is 0.0945. The maximum Gasteiger partial charge on any atom is 0.256 e. The highest BCUT2D eigenvalue weighted by Gasteiger charge is 2.25. The maximum atomic E-state index is 12.8. The third kappa shape index (κ3) is 4.06. The Labute approximate surface area is 165 Å². The standard InChI is InChI=1S/C22H24ClN3O/c1-15-9-8-10-17(13-15)22(3,4)14-24-21(27)19-16(2)25-26(20(19)23)18-11-6-5-7-12-18/h5-13H,14H2,1-4H3,(H,24,27). The molecule has 1 aromatic heterocycles. The van der Waals surface area contributed by atoms with Crippen LogP contribution < -0.4 is 5.32 Å². The highest BCUT2D eigenvalue weighted by molar-refractivity contribution is 6.33. The Bertz CT molecular complexity index is 961. The Hall–Kier alpha value is -2.59. The molecular formula is C22H24ClN3O. The van der Waals surface area contributed by atoms with E-state index in [9.17, 15) is 4.79 Å². The summed E-state index contributed by atoms with van der Waals surface area (Å²) in [6.07, 6.45) is 0. The highest BCUT2D eigenvalue weighted by Crippen LogP contribution is 2.25. The van der Waals surface area contributed by atoms with E-state index >= 15 is 0 Å². The van der Waals surface area contributed by atoms with Crippen LogP contribution in [0.15, 0.2) is 54.6 Å². The van der Waals surface area contributed by atoms with E-state index in [4.69, 9.17) is 11.6 Å². The van der Waals surface area contributed by atoms with E-state index in [0.29, 0.717) is 23.0 Å². The molecule has 5 heteroatoms. The fourth-order valence-corrected chi connectivity index (χ4v) is 3.41. The molecule has 27 heavy (non-hydrogen) atoms. The third-order valence-electron chi connectivity index (χ3n) is 4.72. The first-order chi connectivity index (χ1) is 12.8. The lowest BCUT2D eigenvalue weighted by atomic mass is 9.84. The summed E-state index contributed by atoms with van der Waals surface area (Å²) in [5.41, 5.74) is 4.04. The number of aryl methyl sites for hydroxylation is 2. The van der Waals surface area contributed by atoms with Crippen molar-refractivity contribution >= 4 is 17.5 Å². The van der Waals surface area contributed by atoms with Gasteiger partial charge in [0.2, 0.25) is 0 Å². The Morgan fingerprint density at radius 3 is 2.48 bits per heavy atom. The number of carbonyl (C=O) groups is 1. The molecule has 1 amide bonds. The van der Waals surface area contributed by atoms with Gasteiger partial charge in [0, 0.05) is 12.0 Å². The van der Waals surface area contributed by atoms with Gasteiger partial charge in [0.25, 0.3) is 5.91 Å².